The zero-order valence-electron chi connectivity index (χ0n) is 7.24. The third-order valence-electron chi connectivity index (χ3n) is 3.12. The molecule has 3 rings (SSSR count). The van der Waals surface area contributed by atoms with E-state index in [0.717, 1.165) is 15.7 Å². The van der Waals surface area contributed by atoms with Gasteiger partial charge in [0.25, 0.3) is 0 Å². The third kappa shape index (κ3) is 1.31. The average molecular weight is 259 g/mol. The molecule has 1 aliphatic carbocycles. The number of thiazole rings is 1. The Hall–Kier alpha value is -0.0900. The number of rotatable bonds is 1. The third-order valence-corrected chi connectivity index (χ3v) is 4.63. The Kier molecular flexibility index (Phi) is 1.87. The summed E-state index contributed by atoms with van der Waals surface area (Å²) in [4.78, 5) is 6.90. The van der Waals surface area contributed by atoms with Crippen molar-refractivity contribution in [1.29, 1.82) is 0 Å². The van der Waals surface area contributed by atoms with Gasteiger partial charge in [-0.1, -0.05) is 11.3 Å². The Morgan fingerprint density at radius 2 is 2.46 bits per heavy atom. The lowest BCUT2D eigenvalue weighted by molar-refractivity contribution is 0.553. The standard InChI is InChI=1S/C9H11BrN2S/c10-8-4-11-9(13-8)12-5-6-1-2-7(12)3-6/h4,6-7H,1-3,5H2. The fourth-order valence-electron chi connectivity index (χ4n) is 2.54. The smallest absolute Gasteiger partial charge is 0.186 e. The molecular formula is C9H11BrN2S. The predicted octanol–water partition coefficient (Wildman–Crippen LogP) is 2.89. The minimum absolute atomic E-state index is 0.794. The summed E-state index contributed by atoms with van der Waals surface area (Å²) in [5, 5.41) is 1.21. The van der Waals surface area contributed by atoms with Crippen LogP contribution < -0.4 is 4.90 Å². The molecular weight excluding hydrogens is 248 g/mol. The summed E-state index contributed by atoms with van der Waals surface area (Å²) in [6, 6.07) is 0.794. The number of aromatic nitrogens is 1. The Morgan fingerprint density at radius 3 is 3.00 bits per heavy atom. The lowest BCUT2D eigenvalue weighted by Gasteiger charge is -2.26. The second-order valence-corrected chi connectivity index (χ2v) is 6.32. The van der Waals surface area contributed by atoms with Crippen molar-refractivity contribution in [2.75, 3.05) is 11.4 Å². The van der Waals surface area contributed by atoms with Crippen molar-refractivity contribution < 1.29 is 0 Å². The highest BCUT2D eigenvalue weighted by Gasteiger charge is 2.38. The summed E-state index contributed by atoms with van der Waals surface area (Å²) in [5.74, 6) is 0.952. The molecule has 2 atom stereocenters. The molecule has 0 spiro atoms. The maximum atomic E-state index is 4.41. The molecule has 1 aromatic heterocycles. The summed E-state index contributed by atoms with van der Waals surface area (Å²) in [5.41, 5.74) is 0. The molecule has 1 saturated carbocycles. The second kappa shape index (κ2) is 2.95. The first kappa shape index (κ1) is 8.24. The van der Waals surface area contributed by atoms with Crippen molar-refractivity contribution in [3.05, 3.63) is 9.98 Å². The Labute approximate surface area is 90.1 Å². The second-order valence-electron chi connectivity index (χ2n) is 3.93. The Balaban J connectivity index is 1.87. The normalized spacial score (nSPS) is 31.6. The van der Waals surface area contributed by atoms with Gasteiger partial charge in [0.2, 0.25) is 0 Å². The number of fused-ring (bicyclic) bond motifs is 2. The van der Waals surface area contributed by atoms with E-state index in [1.165, 1.54) is 30.9 Å². The monoisotopic (exact) mass is 258 g/mol. The van der Waals surface area contributed by atoms with Gasteiger partial charge >= 0.3 is 0 Å². The Bertz CT molecular complexity index is 325. The molecule has 2 aliphatic rings. The number of anilines is 1. The van der Waals surface area contributed by atoms with E-state index in [2.05, 4.69) is 25.8 Å². The molecule has 4 heteroatoms. The van der Waals surface area contributed by atoms with Gasteiger partial charge in [-0.15, -0.1) is 0 Å². The molecule has 0 aromatic carbocycles. The molecule has 70 valence electrons. The summed E-state index contributed by atoms with van der Waals surface area (Å²) in [6.45, 7) is 1.24. The number of hydrogen-bond donors (Lipinski definition) is 0. The van der Waals surface area contributed by atoms with E-state index in [4.69, 9.17) is 0 Å². The average Bonchev–Trinajstić information content (AvgIpc) is 2.77. The van der Waals surface area contributed by atoms with Crippen LogP contribution >= 0.6 is 27.3 Å². The van der Waals surface area contributed by atoms with Crippen LogP contribution in [0.2, 0.25) is 0 Å². The quantitative estimate of drug-likeness (QED) is 0.770. The predicted molar refractivity (Wildman–Crippen MR) is 58.3 cm³/mol. The van der Waals surface area contributed by atoms with Crippen molar-refractivity contribution in [2.45, 2.75) is 25.3 Å². The number of hydrogen-bond acceptors (Lipinski definition) is 3. The van der Waals surface area contributed by atoms with Gasteiger partial charge in [-0.05, 0) is 41.1 Å². The molecule has 2 bridgehead atoms. The highest BCUT2D eigenvalue weighted by Crippen LogP contribution is 2.41. The minimum Gasteiger partial charge on any atom is -0.345 e. The van der Waals surface area contributed by atoms with Crippen molar-refractivity contribution in [1.82, 2.24) is 4.98 Å². The van der Waals surface area contributed by atoms with Crippen LogP contribution in [0.3, 0.4) is 0 Å². The molecule has 1 aromatic rings. The van der Waals surface area contributed by atoms with Crippen LogP contribution in [0.4, 0.5) is 5.13 Å². The maximum absolute atomic E-state index is 4.41. The first-order chi connectivity index (χ1) is 6.33. The van der Waals surface area contributed by atoms with Crippen molar-refractivity contribution in [2.24, 2.45) is 5.92 Å². The van der Waals surface area contributed by atoms with Gasteiger partial charge in [-0.25, -0.2) is 4.98 Å². The molecule has 2 unspecified atom stereocenters. The molecule has 2 fully saturated rings. The van der Waals surface area contributed by atoms with Gasteiger partial charge in [0, 0.05) is 12.6 Å². The van der Waals surface area contributed by atoms with Crippen LogP contribution in [0.1, 0.15) is 19.3 Å². The van der Waals surface area contributed by atoms with E-state index in [1.54, 1.807) is 11.3 Å². The Morgan fingerprint density at radius 1 is 1.54 bits per heavy atom. The lowest BCUT2D eigenvalue weighted by atomic mass is 10.1. The first-order valence-electron chi connectivity index (χ1n) is 4.71. The number of nitrogens with zero attached hydrogens (tertiary/aromatic N) is 2. The van der Waals surface area contributed by atoms with Crippen LogP contribution in [-0.2, 0) is 0 Å². The van der Waals surface area contributed by atoms with Gasteiger partial charge < -0.3 is 4.90 Å². The van der Waals surface area contributed by atoms with Crippen LogP contribution in [0.25, 0.3) is 0 Å². The van der Waals surface area contributed by atoms with E-state index in [1.807, 2.05) is 6.20 Å². The zero-order valence-corrected chi connectivity index (χ0v) is 9.64. The number of halogens is 1. The minimum atomic E-state index is 0.794. The highest BCUT2D eigenvalue weighted by molar-refractivity contribution is 9.11. The van der Waals surface area contributed by atoms with Crippen molar-refractivity contribution in [3.63, 3.8) is 0 Å². The van der Waals surface area contributed by atoms with Gasteiger partial charge in [-0.2, -0.15) is 0 Å². The highest BCUT2D eigenvalue weighted by atomic mass is 79.9. The van der Waals surface area contributed by atoms with Crippen LogP contribution in [0, 0.1) is 5.92 Å². The van der Waals surface area contributed by atoms with E-state index < -0.39 is 0 Å². The molecule has 0 radical (unpaired) electrons. The molecule has 2 heterocycles. The molecule has 1 saturated heterocycles. The SMILES string of the molecule is Brc1cnc(N2CC3CCC2C3)s1. The summed E-state index contributed by atoms with van der Waals surface area (Å²) in [7, 11) is 0. The van der Waals surface area contributed by atoms with E-state index in [9.17, 15) is 0 Å². The van der Waals surface area contributed by atoms with Crippen molar-refractivity contribution in [3.8, 4) is 0 Å². The molecule has 2 nitrogen and oxygen atoms in total. The van der Waals surface area contributed by atoms with E-state index in [-0.39, 0.29) is 0 Å². The molecule has 0 N–H and O–H groups in total. The topological polar surface area (TPSA) is 16.1 Å². The van der Waals surface area contributed by atoms with Gasteiger partial charge in [0.05, 0.1) is 9.98 Å². The summed E-state index contributed by atoms with van der Waals surface area (Å²) in [6.07, 6.45) is 6.12. The zero-order chi connectivity index (χ0) is 8.84. The summed E-state index contributed by atoms with van der Waals surface area (Å²) < 4.78 is 1.14. The van der Waals surface area contributed by atoms with Crippen LogP contribution in [0.5, 0.6) is 0 Å². The molecule has 1 aliphatic heterocycles. The van der Waals surface area contributed by atoms with Gasteiger partial charge in [-0.3, -0.25) is 0 Å². The van der Waals surface area contributed by atoms with Gasteiger partial charge in [0.1, 0.15) is 0 Å². The fourth-order valence-corrected chi connectivity index (χ4v) is 3.80. The first-order valence-corrected chi connectivity index (χ1v) is 6.32. The maximum Gasteiger partial charge on any atom is 0.186 e. The van der Waals surface area contributed by atoms with Crippen LogP contribution in [-0.4, -0.2) is 17.6 Å². The van der Waals surface area contributed by atoms with E-state index in [0.29, 0.717) is 0 Å². The largest absolute Gasteiger partial charge is 0.345 e. The van der Waals surface area contributed by atoms with E-state index >= 15 is 0 Å². The van der Waals surface area contributed by atoms with Crippen LogP contribution in [0.15, 0.2) is 9.98 Å². The van der Waals surface area contributed by atoms with Gasteiger partial charge in [0.15, 0.2) is 5.13 Å². The molecule has 13 heavy (non-hydrogen) atoms. The summed E-state index contributed by atoms with van der Waals surface area (Å²) >= 11 is 5.22. The molecule has 0 amide bonds. The number of piperidine rings is 1. The fraction of sp³-hybridized carbons (Fsp3) is 0.667. The van der Waals surface area contributed by atoms with Crippen molar-refractivity contribution >= 4 is 32.4 Å². The lowest BCUT2D eigenvalue weighted by Crippen LogP contribution is -2.31.